The van der Waals surface area contributed by atoms with E-state index in [1.54, 1.807) is 0 Å². The van der Waals surface area contributed by atoms with E-state index in [2.05, 4.69) is 99.9 Å². The van der Waals surface area contributed by atoms with Crippen molar-refractivity contribution < 1.29 is 4.52 Å². The van der Waals surface area contributed by atoms with Gasteiger partial charge in [-0.2, -0.15) is 4.98 Å². The van der Waals surface area contributed by atoms with Crippen LogP contribution in [0.25, 0.3) is 11.4 Å². The molecule has 0 radical (unpaired) electrons. The number of nitrogens with zero attached hydrogens (tertiary/aromatic N) is 4. The van der Waals surface area contributed by atoms with E-state index in [9.17, 15) is 0 Å². The van der Waals surface area contributed by atoms with Gasteiger partial charge in [0.2, 0.25) is 11.7 Å². The van der Waals surface area contributed by atoms with Crippen LogP contribution >= 0.6 is 0 Å². The molecule has 2 aliphatic rings. The minimum Gasteiger partial charge on any atom is -0.363 e. The van der Waals surface area contributed by atoms with E-state index < -0.39 is 0 Å². The molecule has 1 aliphatic heterocycles. The van der Waals surface area contributed by atoms with Crippen molar-refractivity contribution in [2.24, 2.45) is 5.92 Å². The molecule has 0 N–H and O–H groups in total. The molecular weight excluding hydrogens is 456 g/mol. The molecule has 0 bridgehead atoms. The Bertz CT molecular complexity index is 1220. The number of rotatable bonds is 10. The lowest BCUT2D eigenvalue weighted by atomic mass is 9.96. The van der Waals surface area contributed by atoms with Gasteiger partial charge in [0.05, 0.1) is 0 Å². The van der Waals surface area contributed by atoms with Crippen molar-refractivity contribution >= 4 is 5.69 Å². The van der Waals surface area contributed by atoms with E-state index in [4.69, 9.17) is 9.51 Å². The molecule has 37 heavy (non-hydrogen) atoms. The third kappa shape index (κ3) is 6.28. The van der Waals surface area contributed by atoms with Crippen molar-refractivity contribution in [3.05, 3.63) is 102 Å². The molecule has 1 saturated carbocycles. The first-order chi connectivity index (χ1) is 18.3. The van der Waals surface area contributed by atoms with Crippen LogP contribution in [-0.2, 0) is 13.1 Å². The number of hydrogen-bond acceptors (Lipinski definition) is 5. The molecule has 0 spiro atoms. The van der Waals surface area contributed by atoms with Crippen LogP contribution in [0.4, 0.5) is 5.69 Å². The number of aromatic nitrogens is 2. The first-order valence-corrected chi connectivity index (χ1v) is 13.8. The Morgan fingerprint density at radius 3 is 2.11 bits per heavy atom. The summed E-state index contributed by atoms with van der Waals surface area (Å²) in [5.41, 5.74) is 4.73. The monoisotopic (exact) mass is 492 g/mol. The van der Waals surface area contributed by atoms with Crippen LogP contribution < -0.4 is 4.90 Å². The predicted molar refractivity (Wildman–Crippen MR) is 148 cm³/mol. The zero-order valence-corrected chi connectivity index (χ0v) is 21.5. The second kappa shape index (κ2) is 11.3. The highest BCUT2D eigenvalue weighted by atomic mass is 16.5. The molecule has 1 saturated heterocycles. The van der Waals surface area contributed by atoms with Crippen LogP contribution in [-0.4, -0.2) is 34.7 Å². The Morgan fingerprint density at radius 2 is 1.46 bits per heavy atom. The molecule has 5 nitrogen and oxygen atoms in total. The Labute approximate surface area is 220 Å². The fourth-order valence-corrected chi connectivity index (χ4v) is 5.38. The summed E-state index contributed by atoms with van der Waals surface area (Å²) >= 11 is 0. The largest absolute Gasteiger partial charge is 0.363 e. The molecule has 2 fully saturated rings. The van der Waals surface area contributed by atoms with E-state index >= 15 is 0 Å². The van der Waals surface area contributed by atoms with E-state index in [0.717, 1.165) is 62.1 Å². The van der Waals surface area contributed by atoms with Gasteiger partial charge in [0.1, 0.15) is 0 Å². The van der Waals surface area contributed by atoms with Gasteiger partial charge in [0, 0.05) is 30.3 Å². The zero-order valence-electron chi connectivity index (χ0n) is 21.5. The summed E-state index contributed by atoms with van der Waals surface area (Å²) in [7, 11) is 0. The molecule has 6 rings (SSSR count). The van der Waals surface area contributed by atoms with E-state index in [0.29, 0.717) is 11.7 Å². The molecule has 2 heterocycles. The lowest BCUT2D eigenvalue weighted by Crippen LogP contribution is -2.33. The van der Waals surface area contributed by atoms with Gasteiger partial charge in [-0.1, -0.05) is 90.8 Å². The first-order valence-electron chi connectivity index (χ1n) is 13.8. The van der Waals surface area contributed by atoms with Crippen LogP contribution in [0, 0.1) is 5.92 Å². The highest BCUT2D eigenvalue weighted by Gasteiger charge is 2.27. The highest BCUT2D eigenvalue weighted by molar-refractivity contribution is 5.63. The zero-order chi connectivity index (χ0) is 24.9. The summed E-state index contributed by atoms with van der Waals surface area (Å²) in [6.45, 7) is 5.19. The number of hydrogen-bond donors (Lipinski definition) is 0. The molecule has 3 aromatic carbocycles. The summed E-state index contributed by atoms with van der Waals surface area (Å²) in [5, 5.41) is 4.40. The summed E-state index contributed by atoms with van der Waals surface area (Å²) in [5.74, 6) is 2.86. The van der Waals surface area contributed by atoms with Gasteiger partial charge in [0.25, 0.3) is 0 Å². The van der Waals surface area contributed by atoms with Gasteiger partial charge in [-0.3, -0.25) is 0 Å². The van der Waals surface area contributed by atoms with Gasteiger partial charge in [-0.05, 0) is 68.1 Å². The molecule has 190 valence electrons. The topological polar surface area (TPSA) is 45.4 Å². The Morgan fingerprint density at radius 1 is 0.784 bits per heavy atom. The molecule has 0 atom stereocenters. The summed E-state index contributed by atoms with van der Waals surface area (Å²) < 4.78 is 5.80. The number of likely N-dealkylation sites (tertiary alicyclic amines) is 1. The van der Waals surface area contributed by atoms with Crippen LogP contribution in [0.15, 0.2) is 89.5 Å². The van der Waals surface area contributed by atoms with Crippen molar-refractivity contribution in [2.45, 2.75) is 51.1 Å². The smallest absolute Gasteiger partial charge is 0.230 e. The molecule has 1 aromatic heterocycles. The Balaban J connectivity index is 1.16. The third-order valence-electron chi connectivity index (χ3n) is 7.83. The maximum atomic E-state index is 5.80. The van der Waals surface area contributed by atoms with E-state index in [1.165, 1.54) is 36.9 Å². The maximum Gasteiger partial charge on any atom is 0.230 e. The Kier molecular flexibility index (Phi) is 7.31. The average molecular weight is 493 g/mol. The van der Waals surface area contributed by atoms with Crippen LogP contribution in [0.1, 0.15) is 55.0 Å². The molecule has 5 heteroatoms. The minimum atomic E-state index is 0.370. The molecule has 0 amide bonds. The van der Waals surface area contributed by atoms with Gasteiger partial charge < -0.3 is 14.3 Å². The number of piperidine rings is 1. The number of benzene rings is 3. The van der Waals surface area contributed by atoms with Crippen molar-refractivity contribution in [3.63, 3.8) is 0 Å². The second-order valence-corrected chi connectivity index (χ2v) is 10.7. The van der Waals surface area contributed by atoms with Gasteiger partial charge >= 0.3 is 0 Å². The second-order valence-electron chi connectivity index (χ2n) is 10.7. The van der Waals surface area contributed by atoms with Crippen molar-refractivity contribution in [1.29, 1.82) is 0 Å². The van der Waals surface area contributed by atoms with Gasteiger partial charge in [-0.25, -0.2) is 0 Å². The maximum absolute atomic E-state index is 5.80. The lowest BCUT2D eigenvalue weighted by molar-refractivity contribution is 0.190. The predicted octanol–water partition coefficient (Wildman–Crippen LogP) is 6.92. The normalized spacial score (nSPS) is 16.6. The Hall–Kier alpha value is -3.44. The summed E-state index contributed by atoms with van der Waals surface area (Å²) in [6, 6.07) is 29.8. The molecule has 0 unspecified atom stereocenters. The van der Waals surface area contributed by atoms with Crippen molar-refractivity contribution in [1.82, 2.24) is 15.0 Å². The van der Waals surface area contributed by atoms with Gasteiger partial charge in [0.15, 0.2) is 0 Å². The van der Waals surface area contributed by atoms with Gasteiger partial charge in [-0.15, -0.1) is 0 Å². The highest BCUT2D eigenvalue weighted by Crippen LogP contribution is 2.34. The fraction of sp³-hybridized carbons (Fsp3) is 0.375. The fourth-order valence-electron chi connectivity index (χ4n) is 5.38. The van der Waals surface area contributed by atoms with E-state index in [1.807, 2.05) is 0 Å². The minimum absolute atomic E-state index is 0.370. The number of anilines is 1. The summed E-state index contributed by atoms with van der Waals surface area (Å²) in [4.78, 5) is 9.89. The summed E-state index contributed by atoms with van der Waals surface area (Å²) in [6.07, 6.45) is 6.47. The SMILES string of the molecule is c1ccc(CN(Cc2ccccc2)c2cccc(-c3noc(C4CCN(CCC5CC5)CC4)n3)c2)cc1. The van der Waals surface area contributed by atoms with Crippen LogP contribution in [0.5, 0.6) is 0 Å². The average Bonchev–Trinajstić information content (AvgIpc) is 3.66. The molecular formula is C32H36N4O. The van der Waals surface area contributed by atoms with Crippen molar-refractivity contribution in [3.8, 4) is 11.4 Å². The van der Waals surface area contributed by atoms with E-state index in [-0.39, 0.29) is 0 Å². The van der Waals surface area contributed by atoms with Crippen LogP contribution in [0.2, 0.25) is 0 Å². The first kappa shape index (κ1) is 23.9. The quantitative estimate of drug-likeness (QED) is 0.240. The molecule has 4 aromatic rings. The standard InChI is InChI=1S/C32H36N4O/c1-3-8-26(9-4-1)23-36(24-27-10-5-2-6-11-27)30-13-7-12-29(22-30)31-33-32(37-34-31)28-17-20-35(21-18-28)19-16-25-14-15-25/h1-13,22,25,28H,14-21,23-24H2. The van der Waals surface area contributed by atoms with Crippen molar-refractivity contribution in [2.75, 3.05) is 24.5 Å². The van der Waals surface area contributed by atoms with Crippen LogP contribution in [0.3, 0.4) is 0 Å². The lowest BCUT2D eigenvalue weighted by Gasteiger charge is -2.30. The molecule has 1 aliphatic carbocycles. The third-order valence-corrected chi connectivity index (χ3v) is 7.83.